The van der Waals surface area contributed by atoms with Crippen molar-refractivity contribution in [3.05, 3.63) is 11.8 Å². The predicted molar refractivity (Wildman–Crippen MR) is 38.5 cm³/mol. The topological polar surface area (TPSA) is 66.7 Å². The lowest BCUT2D eigenvalue weighted by Crippen LogP contribution is -2.11. The number of ketones is 1. The highest BCUT2D eigenvalue weighted by Crippen LogP contribution is 2.12. The molecule has 1 rings (SSSR count). The minimum absolute atomic E-state index is 0.0372. The molecular formula is C7H7NO3. The van der Waals surface area contributed by atoms with E-state index in [1.165, 1.54) is 13.1 Å². The molecule has 1 aliphatic rings. The first-order chi connectivity index (χ1) is 5.11. The molecule has 0 aromatic carbocycles. The van der Waals surface area contributed by atoms with Crippen molar-refractivity contribution in [2.75, 3.05) is 0 Å². The van der Waals surface area contributed by atoms with Gasteiger partial charge < -0.3 is 5.11 Å². The van der Waals surface area contributed by atoms with E-state index >= 15 is 0 Å². The van der Waals surface area contributed by atoms with E-state index in [-0.39, 0.29) is 17.9 Å². The highest BCUT2D eigenvalue weighted by atomic mass is 16.4. The summed E-state index contributed by atoms with van der Waals surface area (Å²) in [6.45, 7) is 1.39. The number of nitrogens with zero attached hydrogens (tertiary/aromatic N) is 1. The standard InChI is InChI=1S/C7H7NO3/c1-4(9)5-2-6(7(10)11)8-3-5/h3H,2H2,1H3,(H,10,11). The molecule has 0 aromatic rings. The molecule has 4 nitrogen and oxygen atoms in total. The van der Waals surface area contributed by atoms with Gasteiger partial charge in [-0.2, -0.15) is 0 Å². The average molecular weight is 153 g/mol. The molecule has 0 unspecified atom stereocenters. The van der Waals surface area contributed by atoms with Gasteiger partial charge in [0.15, 0.2) is 5.78 Å². The highest BCUT2D eigenvalue weighted by Gasteiger charge is 2.18. The van der Waals surface area contributed by atoms with Crippen LogP contribution in [0.15, 0.2) is 16.8 Å². The van der Waals surface area contributed by atoms with Crippen molar-refractivity contribution in [3.8, 4) is 0 Å². The fraction of sp³-hybridized carbons (Fsp3) is 0.286. The van der Waals surface area contributed by atoms with Crippen LogP contribution in [0.25, 0.3) is 0 Å². The Labute approximate surface area is 63.2 Å². The second kappa shape index (κ2) is 2.65. The summed E-state index contributed by atoms with van der Waals surface area (Å²) in [4.78, 5) is 24.5. The van der Waals surface area contributed by atoms with Crippen LogP contribution >= 0.6 is 0 Å². The van der Waals surface area contributed by atoms with Gasteiger partial charge in [0.25, 0.3) is 0 Å². The molecule has 0 bridgehead atoms. The van der Waals surface area contributed by atoms with Gasteiger partial charge in [0.1, 0.15) is 5.71 Å². The summed E-state index contributed by atoms with van der Waals surface area (Å²) < 4.78 is 0. The molecule has 0 amide bonds. The lowest BCUT2D eigenvalue weighted by Gasteiger charge is -1.92. The molecule has 0 spiro atoms. The number of hydrogen-bond donors (Lipinski definition) is 1. The lowest BCUT2D eigenvalue weighted by atomic mass is 10.1. The SMILES string of the molecule is CC(=O)C1=CN=C(C(=O)O)C1. The van der Waals surface area contributed by atoms with E-state index in [4.69, 9.17) is 5.11 Å². The van der Waals surface area contributed by atoms with Crippen molar-refractivity contribution >= 4 is 17.5 Å². The number of carboxylic acids is 1. The molecule has 0 radical (unpaired) electrons. The van der Waals surface area contributed by atoms with Gasteiger partial charge in [-0.1, -0.05) is 0 Å². The van der Waals surface area contributed by atoms with Crippen molar-refractivity contribution in [1.29, 1.82) is 0 Å². The Kier molecular flexibility index (Phi) is 1.85. The monoisotopic (exact) mass is 153 g/mol. The van der Waals surface area contributed by atoms with Crippen LogP contribution in [0, 0.1) is 0 Å². The molecule has 0 fully saturated rings. The number of allylic oxidation sites excluding steroid dienone is 1. The van der Waals surface area contributed by atoms with Crippen molar-refractivity contribution in [3.63, 3.8) is 0 Å². The van der Waals surface area contributed by atoms with Gasteiger partial charge in [-0.15, -0.1) is 0 Å². The Morgan fingerprint density at radius 3 is 2.55 bits per heavy atom. The van der Waals surface area contributed by atoms with Crippen LogP contribution in [0.2, 0.25) is 0 Å². The molecule has 58 valence electrons. The van der Waals surface area contributed by atoms with Crippen molar-refractivity contribution < 1.29 is 14.7 Å². The predicted octanol–water partition coefficient (Wildman–Crippen LogP) is 0.389. The van der Waals surface area contributed by atoms with Crippen LogP contribution in [0.3, 0.4) is 0 Å². The van der Waals surface area contributed by atoms with Crippen LogP contribution in [0.4, 0.5) is 0 Å². The van der Waals surface area contributed by atoms with E-state index in [0.29, 0.717) is 5.57 Å². The van der Waals surface area contributed by atoms with E-state index < -0.39 is 5.97 Å². The maximum absolute atomic E-state index is 10.7. The van der Waals surface area contributed by atoms with Gasteiger partial charge in [0.2, 0.25) is 0 Å². The smallest absolute Gasteiger partial charge is 0.350 e. The van der Waals surface area contributed by atoms with Gasteiger partial charge in [-0.25, -0.2) is 4.79 Å². The Bertz CT molecular complexity index is 247. The Balaban J connectivity index is 2.66. The van der Waals surface area contributed by atoms with Crippen molar-refractivity contribution in [2.45, 2.75) is 13.3 Å². The zero-order valence-corrected chi connectivity index (χ0v) is 6.00. The number of carbonyl (C=O) groups excluding carboxylic acids is 1. The zero-order valence-electron chi connectivity index (χ0n) is 6.00. The minimum Gasteiger partial charge on any atom is -0.477 e. The van der Waals surface area contributed by atoms with Gasteiger partial charge in [-0.3, -0.25) is 9.79 Å². The maximum Gasteiger partial charge on any atom is 0.350 e. The fourth-order valence-electron chi connectivity index (χ4n) is 0.774. The number of aliphatic carboxylic acids is 1. The molecule has 1 N–H and O–H groups in total. The Morgan fingerprint density at radius 1 is 1.64 bits per heavy atom. The van der Waals surface area contributed by atoms with E-state index in [1.54, 1.807) is 0 Å². The molecule has 0 saturated heterocycles. The van der Waals surface area contributed by atoms with E-state index in [0.717, 1.165) is 0 Å². The Hall–Kier alpha value is -1.45. The average Bonchev–Trinajstić information content (AvgIpc) is 2.33. The Morgan fingerprint density at radius 2 is 2.27 bits per heavy atom. The number of rotatable bonds is 2. The summed E-state index contributed by atoms with van der Waals surface area (Å²) in [6, 6.07) is 0. The molecule has 0 aliphatic carbocycles. The van der Waals surface area contributed by atoms with Crippen molar-refractivity contribution in [1.82, 2.24) is 0 Å². The normalized spacial score (nSPS) is 15.7. The number of carboxylic acid groups (broad SMARTS) is 1. The number of hydrogen-bond acceptors (Lipinski definition) is 3. The second-order valence-electron chi connectivity index (χ2n) is 2.27. The van der Waals surface area contributed by atoms with E-state index in [2.05, 4.69) is 4.99 Å². The zero-order chi connectivity index (χ0) is 8.43. The number of Topliss-reactive ketones (excluding diaryl/α,β-unsaturated/α-hetero) is 1. The van der Waals surface area contributed by atoms with Crippen LogP contribution in [-0.4, -0.2) is 22.6 Å². The number of aliphatic imine (C=N–C) groups is 1. The van der Waals surface area contributed by atoms with Crippen LogP contribution in [-0.2, 0) is 9.59 Å². The summed E-state index contributed by atoms with van der Waals surface area (Å²) in [6.07, 6.45) is 1.47. The third-order valence-electron chi connectivity index (χ3n) is 1.43. The molecule has 0 atom stereocenters. The molecule has 1 heterocycles. The van der Waals surface area contributed by atoms with Crippen LogP contribution in [0.5, 0.6) is 0 Å². The molecule has 4 heteroatoms. The summed E-state index contributed by atoms with van der Waals surface area (Å²) in [5.74, 6) is -1.18. The first-order valence-corrected chi connectivity index (χ1v) is 3.11. The third-order valence-corrected chi connectivity index (χ3v) is 1.43. The number of carbonyl (C=O) groups is 2. The van der Waals surface area contributed by atoms with Gasteiger partial charge in [0, 0.05) is 18.2 Å². The summed E-state index contributed by atoms with van der Waals surface area (Å²) in [5.41, 5.74) is 0.498. The van der Waals surface area contributed by atoms with Gasteiger partial charge >= 0.3 is 5.97 Å². The highest BCUT2D eigenvalue weighted by molar-refractivity contribution is 6.38. The molecular weight excluding hydrogens is 146 g/mol. The largest absolute Gasteiger partial charge is 0.477 e. The third kappa shape index (κ3) is 1.52. The first kappa shape index (κ1) is 7.65. The van der Waals surface area contributed by atoms with E-state index in [1.807, 2.05) is 0 Å². The van der Waals surface area contributed by atoms with Crippen LogP contribution in [0.1, 0.15) is 13.3 Å². The first-order valence-electron chi connectivity index (χ1n) is 3.11. The fourth-order valence-corrected chi connectivity index (χ4v) is 0.774. The lowest BCUT2D eigenvalue weighted by molar-refractivity contribution is -0.129. The second-order valence-corrected chi connectivity index (χ2v) is 2.27. The van der Waals surface area contributed by atoms with Gasteiger partial charge in [0.05, 0.1) is 0 Å². The van der Waals surface area contributed by atoms with Gasteiger partial charge in [-0.05, 0) is 6.92 Å². The molecule has 1 aliphatic heterocycles. The maximum atomic E-state index is 10.7. The minimum atomic E-state index is -1.06. The van der Waals surface area contributed by atoms with Crippen molar-refractivity contribution in [2.24, 2.45) is 4.99 Å². The summed E-state index contributed by atoms with van der Waals surface area (Å²) in [7, 11) is 0. The molecule has 11 heavy (non-hydrogen) atoms. The summed E-state index contributed by atoms with van der Waals surface area (Å²) >= 11 is 0. The molecule has 0 saturated carbocycles. The quantitative estimate of drug-likeness (QED) is 0.623. The van der Waals surface area contributed by atoms with Crippen LogP contribution < -0.4 is 0 Å². The summed E-state index contributed by atoms with van der Waals surface area (Å²) in [5, 5.41) is 8.44. The molecule has 0 aromatic heterocycles. The van der Waals surface area contributed by atoms with E-state index in [9.17, 15) is 9.59 Å².